The highest BCUT2D eigenvalue weighted by Crippen LogP contribution is 2.33. The van der Waals surface area contributed by atoms with Crippen molar-refractivity contribution >= 4 is 5.91 Å². The Bertz CT molecular complexity index is 719. The molecule has 0 saturated carbocycles. The van der Waals surface area contributed by atoms with Gasteiger partial charge in [0.05, 0.1) is 17.7 Å². The number of halogens is 1. The van der Waals surface area contributed by atoms with Gasteiger partial charge in [-0.05, 0) is 56.4 Å². The first-order chi connectivity index (χ1) is 11.0. The van der Waals surface area contributed by atoms with Crippen molar-refractivity contribution in [3.63, 3.8) is 0 Å². The molecule has 5 heteroatoms. The fourth-order valence-corrected chi connectivity index (χ4v) is 3.52. The van der Waals surface area contributed by atoms with Crippen LogP contribution >= 0.6 is 0 Å². The molecule has 0 spiro atoms. The van der Waals surface area contributed by atoms with E-state index in [1.54, 1.807) is 12.1 Å². The Morgan fingerprint density at radius 3 is 2.91 bits per heavy atom. The predicted octanol–water partition coefficient (Wildman–Crippen LogP) is 3.73. The summed E-state index contributed by atoms with van der Waals surface area (Å²) in [4.78, 5) is 12.8. The number of hydrogen-bond acceptors (Lipinski definition) is 3. The van der Waals surface area contributed by atoms with Gasteiger partial charge < -0.3 is 9.84 Å². The lowest BCUT2D eigenvalue weighted by atomic mass is 9.93. The molecule has 0 radical (unpaired) electrons. The number of carbonyl (C=O) groups excluding carboxylic acids is 1. The first kappa shape index (κ1) is 15.7. The standard InChI is InChI=1S/C18H21FN2O2/c1-4-14(17-10(2)21-23-11(17)3)18(22)20-16-8-5-12-9-13(19)6-7-15(12)16/h6-7,9,14,16H,4-5,8H2,1-3H3,(H,20,22)/t14-,16+/m1/s1. The zero-order valence-corrected chi connectivity index (χ0v) is 13.6. The molecule has 1 amide bonds. The Morgan fingerprint density at radius 2 is 2.26 bits per heavy atom. The van der Waals surface area contributed by atoms with Gasteiger partial charge in [0.2, 0.25) is 5.91 Å². The van der Waals surface area contributed by atoms with Gasteiger partial charge >= 0.3 is 0 Å². The van der Waals surface area contributed by atoms with E-state index in [2.05, 4.69) is 10.5 Å². The second kappa shape index (κ2) is 6.14. The lowest BCUT2D eigenvalue weighted by molar-refractivity contribution is -0.123. The lowest BCUT2D eigenvalue weighted by Gasteiger charge is -2.19. The molecule has 23 heavy (non-hydrogen) atoms. The molecule has 0 fully saturated rings. The summed E-state index contributed by atoms with van der Waals surface area (Å²) in [5, 5.41) is 7.07. The highest BCUT2D eigenvalue weighted by molar-refractivity contribution is 5.84. The summed E-state index contributed by atoms with van der Waals surface area (Å²) in [5.41, 5.74) is 3.65. The molecule has 122 valence electrons. The fourth-order valence-electron chi connectivity index (χ4n) is 3.52. The van der Waals surface area contributed by atoms with Crippen LogP contribution in [0.2, 0.25) is 0 Å². The van der Waals surface area contributed by atoms with E-state index in [-0.39, 0.29) is 23.7 Å². The third kappa shape index (κ3) is 2.87. The van der Waals surface area contributed by atoms with Gasteiger partial charge in [0, 0.05) is 5.56 Å². The molecule has 1 aromatic carbocycles. The smallest absolute Gasteiger partial charge is 0.228 e. The predicted molar refractivity (Wildman–Crippen MR) is 84.6 cm³/mol. The van der Waals surface area contributed by atoms with Gasteiger partial charge in [-0.25, -0.2) is 4.39 Å². The number of aromatic nitrogens is 1. The van der Waals surface area contributed by atoms with E-state index < -0.39 is 0 Å². The van der Waals surface area contributed by atoms with Crippen LogP contribution in [0.15, 0.2) is 22.7 Å². The fraction of sp³-hybridized carbons (Fsp3) is 0.444. The molecule has 1 N–H and O–H groups in total. The van der Waals surface area contributed by atoms with Gasteiger partial charge in [0.15, 0.2) is 0 Å². The molecular formula is C18H21FN2O2. The molecule has 1 aliphatic carbocycles. The minimum Gasteiger partial charge on any atom is -0.361 e. The van der Waals surface area contributed by atoms with E-state index in [1.807, 2.05) is 20.8 Å². The number of rotatable bonds is 4. The van der Waals surface area contributed by atoms with Crippen molar-refractivity contribution in [2.75, 3.05) is 0 Å². The molecule has 3 rings (SSSR count). The molecule has 0 aliphatic heterocycles. The Labute approximate surface area is 135 Å². The number of fused-ring (bicyclic) bond motifs is 1. The van der Waals surface area contributed by atoms with Crippen molar-refractivity contribution in [1.29, 1.82) is 0 Å². The van der Waals surface area contributed by atoms with E-state index in [4.69, 9.17) is 4.52 Å². The zero-order chi connectivity index (χ0) is 16.6. The molecule has 2 atom stereocenters. The SMILES string of the molecule is CC[C@@H](C(=O)N[C@H]1CCc2cc(F)ccc21)c1c(C)noc1C. The van der Waals surface area contributed by atoms with Gasteiger partial charge in [-0.2, -0.15) is 0 Å². The van der Waals surface area contributed by atoms with Crippen LogP contribution in [0.5, 0.6) is 0 Å². The minimum absolute atomic E-state index is 0.0240. The first-order valence-corrected chi connectivity index (χ1v) is 8.02. The number of amides is 1. The Balaban J connectivity index is 1.80. The van der Waals surface area contributed by atoms with Crippen molar-refractivity contribution < 1.29 is 13.7 Å². The minimum atomic E-state index is -0.272. The lowest BCUT2D eigenvalue weighted by Crippen LogP contribution is -2.32. The normalized spacial score (nSPS) is 17.8. The summed E-state index contributed by atoms with van der Waals surface area (Å²) in [5.74, 6) is 0.172. The number of nitrogens with one attached hydrogen (secondary N) is 1. The maximum Gasteiger partial charge on any atom is 0.228 e. The van der Waals surface area contributed by atoms with Crippen LogP contribution in [0.1, 0.15) is 59.9 Å². The van der Waals surface area contributed by atoms with E-state index in [0.717, 1.165) is 35.2 Å². The highest BCUT2D eigenvalue weighted by atomic mass is 19.1. The quantitative estimate of drug-likeness (QED) is 0.935. The maximum atomic E-state index is 13.3. The molecule has 4 nitrogen and oxygen atoms in total. The van der Waals surface area contributed by atoms with Crippen LogP contribution in [0.25, 0.3) is 0 Å². The van der Waals surface area contributed by atoms with E-state index >= 15 is 0 Å². The Kier molecular flexibility index (Phi) is 4.20. The summed E-state index contributed by atoms with van der Waals surface area (Å²) in [7, 11) is 0. The van der Waals surface area contributed by atoms with Crippen LogP contribution in [0.3, 0.4) is 0 Å². The maximum absolute atomic E-state index is 13.3. The molecule has 0 saturated heterocycles. The van der Waals surface area contributed by atoms with E-state index in [9.17, 15) is 9.18 Å². The third-order valence-electron chi connectivity index (χ3n) is 4.66. The average Bonchev–Trinajstić information content (AvgIpc) is 3.05. The summed E-state index contributed by atoms with van der Waals surface area (Å²) < 4.78 is 18.5. The van der Waals surface area contributed by atoms with Crippen LogP contribution in [-0.4, -0.2) is 11.1 Å². The number of aryl methyl sites for hydroxylation is 3. The van der Waals surface area contributed by atoms with Gasteiger partial charge in [0.1, 0.15) is 11.6 Å². The summed E-state index contributed by atoms with van der Waals surface area (Å²) in [6, 6.07) is 4.74. The summed E-state index contributed by atoms with van der Waals surface area (Å²) in [6.07, 6.45) is 2.28. The number of nitrogens with zero attached hydrogens (tertiary/aromatic N) is 1. The van der Waals surface area contributed by atoms with Crippen molar-refractivity contribution in [3.8, 4) is 0 Å². The topological polar surface area (TPSA) is 55.1 Å². The monoisotopic (exact) mass is 316 g/mol. The molecule has 1 heterocycles. The van der Waals surface area contributed by atoms with Crippen molar-refractivity contribution in [1.82, 2.24) is 10.5 Å². The van der Waals surface area contributed by atoms with Crippen molar-refractivity contribution in [2.45, 2.75) is 52.0 Å². The van der Waals surface area contributed by atoms with Crippen molar-refractivity contribution in [3.05, 3.63) is 52.2 Å². The van der Waals surface area contributed by atoms with Gasteiger partial charge in [0.25, 0.3) is 0 Å². The molecule has 1 aliphatic rings. The van der Waals surface area contributed by atoms with Crippen LogP contribution in [0, 0.1) is 19.7 Å². The first-order valence-electron chi connectivity index (χ1n) is 8.02. The Hall–Kier alpha value is -2.17. The molecular weight excluding hydrogens is 295 g/mol. The molecule has 0 unspecified atom stereocenters. The average molecular weight is 316 g/mol. The largest absolute Gasteiger partial charge is 0.361 e. The molecule has 2 aromatic rings. The summed E-state index contributed by atoms with van der Waals surface area (Å²) >= 11 is 0. The second-order valence-corrected chi connectivity index (χ2v) is 6.14. The second-order valence-electron chi connectivity index (χ2n) is 6.14. The van der Waals surface area contributed by atoms with Crippen LogP contribution in [0.4, 0.5) is 4.39 Å². The van der Waals surface area contributed by atoms with Crippen molar-refractivity contribution in [2.24, 2.45) is 0 Å². The van der Waals surface area contributed by atoms with Crippen LogP contribution in [-0.2, 0) is 11.2 Å². The van der Waals surface area contributed by atoms with Gasteiger partial charge in [-0.1, -0.05) is 18.1 Å². The molecule has 0 bridgehead atoms. The van der Waals surface area contributed by atoms with Gasteiger partial charge in [-0.15, -0.1) is 0 Å². The third-order valence-corrected chi connectivity index (χ3v) is 4.66. The summed E-state index contributed by atoms with van der Waals surface area (Å²) in [6.45, 7) is 5.67. The van der Waals surface area contributed by atoms with Crippen LogP contribution < -0.4 is 5.32 Å². The van der Waals surface area contributed by atoms with Gasteiger partial charge in [-0.3, -0.25) is 4.79 Å². The molecule has 1 aromatic heterocycles. The zero-order valence-electron chi connectivity index (χ0n) is 13.6. The number of carbonyl (C=O) groups is 1. The number of benzene rings is 1. The highest BCUT2D eigenvalue weighted by Gasteiger charge is 2.30. The number of hydrogen-bond donors (Lipinski definition) is 1. The van der Waals surface area contributed by atoms with E-state index in [0.29, 0.717) is 12.2 Å². The Morgan fingerprint density at radius 1 is 1.48 bits per heavy atom. The van der Waals surface area contributed by atoms with E-state index in [1.165, 1.54) is 6.07 Å².